The molecule has 0 aliphatic rings. The third-order valence-electron chi connectivity index (χ3n) is 3.57. The Kier molecular flexibility index (Phi) is 8.34. The van der Waals surface area contributed by atoms with Crippen molar-refractivity contribution < 1.29 is 14.3 Å². The van der Waals surface area contributed by atoms with Gasteiger partial charge >= 0.3 is 5.97 Å². The van der Waals surface area contributed by atoms with E-state index in [1.165, 1.54) is 12.8 Å². The van der Waals surface area contributed by atoms with Crippen molar-refractivity contribution in [2.75, 3.05) is 13.2 Å². The number of ether oxygens (including phenoxy) is 2. The molecular formula is C19H28O3. The van der Waals surface area contributed by atoms with Crippen molar-refractivity contribution in [2.45, 2.75) is 46.5 Å². The summed E-state index contributed by atoms with van der Waals surface area (Å²) in [6, 6.07) is 7.19. The van der Waals surface area contributed by atoms with Gasteiger partial charge in [-0.05, 0) is 37.0 Å². The average Bonchev–Trinajstić information content (AvgIpc) is 2.53. The van der Waals surface area contributed by atoms with Gasteiger partial charge in [-0.3, -0.25) is 0 Å². The minimum absolute atomic E-state index is 0.313. The number of rotatable bonds is 10. The third-order valence-corrected chi connectivity index (χ3v) is 3.57. The number of unbranched alkanes of at least 4 members (excludes halogenated alkanes) is 1. The van der Waals surface area contributed by atoms with Crippen LogP contribution in [0.4, 0.5) is 0 Å². The van der Waals surface area contributed by atoms with Crippen molar-refractivity contribution in [3.05, 3.63) is 42.0 Å². The first-order chi connectivity index (χ1) is 10.6. The molecule has 1 atom stereocenters. The maximum atomic E-state index is 12.3. The zero-order chi connectivity index (χ0) is 16.4. The van der Waals surface area contributed by atoms with E-state index in [0.29, 0.717) is 30.4 Å². The predicted octanol–water partition coefficient (Wildman–Crippen LogP) is 5.01. The van der Waals surface area contributed by atoms with Gasteiger partial charge in [-0.25, -0.2) is 4.79 Å². The number of benzene rings is 1. The highest BCUT2D eigenvalue weighted by molar-refractivity contribution is 5.92. The second kappa shape index (κ2) is 10.0. The minimum atomic E-state index is -0.313. The maximum Gasteiger partial charge on any atom is 0.341 e. The Balaban J connectivity index is 2.62. The van der Waals surface area contributed by atoms with Crippen LogP contribution in [-0.2, 0) is 4.74 Å². The van der Waals surface area contributed by atoms with Crippen LogP contribution in [0.25, 0.3) is 0 Å². The van der Waals surface area contributed by atoms with Gasteiger partial charge in [0.2, 0.25) is 0 Å². The smallest absolute Gasteiger partial charge is 0.341 e. The second-order valence-corrected chi connectivity index (χ2v) is 5.76. The van der Waals surface area contributed by atoms with Gasteiger partial charge in [0.15, 0.2) is 0 Å². The molecule has 0 radical (unpaired) electrons. The lowest BCUT2D eigenvalue weighted by Crippen LogP contribution is -2.15. The molecule has 0 saturated heterocycles. The summed E-state index contributed by atoms with van der Waals surface area (Å²) < 4.78 is 11.1. The van der Waals surface area contributed by atoms with Crippen LogP contribution in [-0.4, -0.2) is 19.2 Å². The van der Waals surface area contributed by atoms with Crippen LogP contribution in [0.1, 0.15) is 56.8 Å². The highest BCUT2D eigenvalue weighted by Crippen LogP contribution is 2.21. The summed E-state index contributed by atoms with van der Waals surface area (Å²) in [7, 11) is 0. The van der Waals surface area contributed by atoms with Crippen molar-refractivity contribution >= 4 is 5.97 Å². The quantitative estimate of drug-likeness (QED) is 0.450. The molecule has 0 fully saturated rings. The first-order valence-corrected chi connectivity index (χ1v) is 8.11. The fourth-order valence-electron chi connectivity index (χ4n) is 2.13. The SMILES string of the molecule is C=C(C)COc1ccccc1C(=O)OCC(CC)CCCC. The van der Waals surface area contributed by atoms with E-state index in [9.17, 15) is 4.79 Å². The highest BCUT2D eigenvalue weighted by Gasteiger charge is 2.15. The summed E-state index contributed by atoms with van der Waals surface area (Å²) in [4.78, 5) is 12.3. The molecule has 1 aromatic carbocycles. The monoisotopic (exact) mass is 304 g/mol. The van der Waals surface area contributed by atoms with E-state index >= 15 is 0 Å². The molecule has 3 heteroatoms. The van der Waals surface area contributed by atoms with Gasteiger partial charge in [0.05, 0.1) is 6.61 Å². The van der Waals surface area contributed by atoms with Gasteiger partial charge in [0.25, 0.3) is 0 Å². The molecule has 0 N–H and O–H groups in total. The lowest BCUT2D eigenvalue weighted by molar-refractivity contribution is 0.0424. The van der Waals surface area contributed by atoms with Gasteiger partial charge in [0, 0.05) is 0 Å². The number of esters is 1. The Morgan fingerprint density at radius 3 is 2.64 bits per heavy atom. The van der Waals surface area contributed by atoms with E-state index in [1.54, 1.807) is 12.1 Å². The zero-order valence-corrected chi connectivity index (χ0v) is 14.1. The van der Waals surface area contributed by atoms with E-state index in [4.69, 9.17) is 9.47 Å². The zero-order valence-electron chi connectivity index (χ0n) is 14.1. The molecule has 0 aromatic heterocycles. The molecule has 0 spiro atoms. The molecule has 1 rings (SSSR count). The summed E-state index contributed by atoms with van der Waals surface area (Å²) in [5.41, 5.74) is 1.39. The molecule has 0 saturated carbocycles. The lowest BCUT2D eigenvalue weighted by atomic mass is 10.0. The van der Waals surface area contributed by atoms with Gasteiger partial charge in [-0.1, -0.05) is 51.8 Å². The number of hydrogen-bond donors (Lipinski definition) is 0. The first kappa shape index (κ1) is 18.3. The molecule has 122 valence electrons. The van der Waals surface area contributed by atoms with Crippen LogP contribution in [0, 0.1) is 5.92 Å². The average molecular weight is 304 g/mol. The molecule has 0 amide bonds. The van der Waals surface area contributed by atoms with E-state index in [0.717, 1.165) is 18.4 Å². The van der Waals surface area contributed by atoms with E-state index < -0.39 is 0 Å². The number of para-hydroxylation sites is 1. The molecule has 3 nitrogen and oxygen atoms in total. The van der Waals surface area contributed by atoms with Crippen molar-refractivity contribution in [1.29, 1.82) is 0 Å². The molecule has 0 aliphatic carbocycles. The van der Waals surface area contributed by atoms with Gasteiger partial charge in [-0.15, -0.1) is 0 Å². The normalized spacial score (nSPS) is 11.8. The Bertz CT molecular complexity index is 479. The predicted molar refractivity (Wildman–Crippen MR) is 90.3 cm³/mol. The molecule has 1 unspecified atom stereocenters. The van der Waals surface area contributed by atoms with Crippen LogP contribution in [0.3, 0.4) is 0 Å². The van der Waals surface area contributed by atoms with Crippen LogP contribution >= 0.6 is 0 Å². The van der Waals surface area contributed by atoms with Crippen molar-refractivity contribution in [3.8, 4) is 5.75 Å². The number of carbonyl (C=O) groups is 1. The maximum absolute atomic E-state index is 12.3. The van der Waals surface area contributed by atoms with Crippen LogP contribution in [0.2, 0.25) is 0 Å². The fourth-order valence-corrected chi connectivity index (χ4v) is 2.13. The fraction of sp³-hybridized carbons (Fsp3) is 0.526. The van der Waals surface area contributed by atoms with Gasteiger partial charge < -0.3 is 9.47 Å². The third kappa shape index (κ3) is 6.33. The van der Waals surface area contributed by atoms with Crippen LogP contribution in [0.5, 0.6) is 5.75 Å². The van der Waals surface area contributed by atoms with Crippen LogP contribution < -0.4 is 4.74 Å². The van der Waals surface area contributed by atoms with E-state index in [-0.39, 0.29) is 5.97 Å². The van der Waals surface area contributed by atoms with Crippen LogP contribution in [0.15, 0.2) is 36.4 Å². The molecule has 0 bridgehead atoms. The highest BCUT2D eigenvalue weighted by atomic mass is 16.5. The van der Waals surface area contributed by atoms with Crippen molar-refractivity contribution in [1.82, 2.24) is 0 Å². The van der Waals surface area contributed by atoms with E-state index in [2.05, 4.69) is 20.4 Å². The number of carbonyl (C=O) groups excluding carboxylic acids is 1. The van der Waals surface area contributed by atoms with Gasteiger partial charge in [-0.2, -0.15) is 0 Å². The molecule has 22 heavy (non-hydrogen) atoms. The molecule has 0 heterocycles. The number of hydrogen-bond acceptors (Lipinski definition) is 3. The first-order valence-electron chi connectivity index (χ1n) is 8.11. The summed E-state index contributed by atoms with van der Waals surface area (Å²) >= 11 is 0. The second-order valence-electron chi connectivity index (χ2n) is 5.76. The Labute approximate surface area is 134 Å². The Hall–Kier alpha value is -1.77. The van der Waals surface area contributed by atoms with Gasteiger partial charge in [0.1, 0.15) is 17.9 Å². The Morgan fingerprint density at radius 1 is 1.27 bits per heavy atom. The Morgan fingerprint density at radius 2 is 2.00 bits per heavy atom. The van der Waals surface area contributed by atoms with Crippen molar-refractivity contribution in [3.63, 3.8) is 0 Å². The minimum Gasteiger partial charge on any atom is -0.488 e. The molecule has 1 aromatic rings. The largest absolute Gasteiger partial charge is 0.488 e. The molecule has 0 aliphatic heterocycles. The summed E-state index contributed by atoms with van der Waals surface area (Å²) in [6.07, 6.45) is 4.48. The lowest BCUT2D eigenvalue weighted by Gasteiger charge is -2.16. The van der Waals surface area contributed by atoms with Crippen molar-refractivity contribution in [2.24, 2.45) is 5.92 Å². The topological polar surface area (TPSA) is 35.5 Å². The summed E-state index contributed by atoms with van der Waals surface area (Å²) in [5.74, 6) is 0.678. The van der Waals surface area contributed by atoms with E-state index in [1.807, 2.05) is 19.1 Å². The summed E-state index contributed by atoms with van der Waals surface area (Å²) in [6.45, 7) is 10.9. The standard InChI is InChI=1S/C19H28O3/c1-5-7-10-16(6-2)14-22-19(20)17-11-8-9-12-18(17)21-13-15(3)4/h8-9,11-12,16H,3,5-7,10,13-14H2,1-2,4H3. The summed E-state index contributed by atoms with van der Waals surface area (Å²) in [5, 5.41) is 0. The molecular weight excluding hydrogens is 276 g/mol.